The quantitative estimate of drug-likeness (QED) is 0.198. The Morgan fingerprint density at radius 1 is 1.02 bits per heavy atom. The molecular weight excluding hydrogens is 577 g/mol. The number of amides is 3. The minimum atomic E-state index is -0.511. The van der Waals surface area contributed by atoms with E-state index in [1.165, 1.54) is 13.2 Å². The van der Waals surface area contributed by atoms with E-state index in [9.17, 15) is 18.8 Å². The number of allylic oxidation sites excluding steroid dienone is 1. The first-order chi connectivity index (χ1) is 21.6. The van der Waals surface area contributed by atoms with Gasteiger partial charge in [-0.05, 0) is 87.5 Å². The third-order valence-corrected chi connectivity index (χ3v) is 7.95. The normalized spacial score (nSPS) is 14.9. The molecule has 0 atom stereocenters. The van der Waals surface area contributed by atoms with Crippen molar-refractivity contribution < 1.29 is 28.2 Å². The van der Waals surface area contributed by atoms with Crippen molar-refractivity contribution in [2.45, 2.75) is 18.8 Å². The summed E-state index contributed by atoms with van der Waals surface area (Å²) in [4.78, 5) is 45.7. The number of Topliss-reactive ketones (excluding diaryl/α,β-unsaturated/α-hetero) is 1. The number of benzene rings is 3. The Morgan fingerprint density at radius 3 is 2.42 bits per heavy atom. The number of aromatic nitrogens is 1. The second-order valence-electron chi connectivity index (χ2n) is 11.6. The maximum Gasteiger partial charge on any atom is 0.323 e. The number of aromatic amines is 1. The van der Waals surface area contributed by atoms with E-state index in [0.29, 0.717) is 57.0 Å². The summed E-state index contributed by atoms with van der Waals surface area (Å²) >= 11 is 0. The Morgan fingerprint density at radius 2 is 1.73 bits per heavy atom. The number of carbonyl (C=O) groups is 3. The van der Waals surface area contributed by atoms with Gasteiger partial charge in [-0.1, -0.05) is 0 Å². The van der Waals surface area contributed by atoms with Crippen LogP contribution in [0, 0.1) is 5.82 Å². The van der Waals surface area contributed by atoms with Gasteiger partial charge in [0.05, 0.1) is 18.2 Å². The molecule has 0 bridgehead atoms. The van der Waals surface area contributed by atoms with E-state index in [0.717, 1.165) is 25.1 Å². The number of nitrogens with zero attached hydrogens (tertiary/aromatic N) is 2. The van der Waals surface area contributed by atoms with E-state index >= 15 is 0 Å². The first-order valence-corrected chi connectivity index (χ1v) is 14.7. The summed E-state index contributed by atoms with van der Waals surface area (Å²) in [6, 6.07) is 14.0. The number of urea groups is 1. The Hall–Kier alpha value is -5.16. The van der Waals surface area contributed by atoms with Gasteiger partial charge in [-0.15, -0.1) is 0 Å². The lowest BCUT2D eigenvalue weighted by molar-refractivity contribution is 0.0786. The van der Waals surface area contributed by atoms with Crippen LogP contribution in [0.3, 0.4) is 0 Å². The van der Waals surface area contributed by atoms with Crippen LogP contribution >= 0.6 is 0 Å². The number of halogens is 1. The van der Waals surface area contributed by atoms with Gasteiger partial charge >= 0.3 is 6.03 Å². The highest BCUT2D eigenvalue weighted by molar-refractivity contribution is 6.16. The van der Waals surface area contributed by atoms with E-state index < -0.39 is 11.8 Å². The predicted octanol–water partition coefficient (Wildman–Crippen LogP) is 6.09. The highest BCUT2D eigenvalue weighted by Gasteiger charge is 2.32. The van der Waals surface area contributed by atoms with E-state index in [4.69, 9.17) is 9.47 Å². The lowest BCUT2D eigenvalue weighted by Gasteiger charge is -2.19. The molecule has 0 radical (unpaired) electrons. The zero-order chi connectivity index (χ0) is 31.8. The molecule has 0 saturated heterocycles. The minimum absolute atomic E-state index is 0.105. The number of ether oxygens (including phenoxy) is 2. The van der Waals surface area contributed by atoms with E-state index in [1.807, 2.05) is 19.0 Å². The Labute approximate surface area is 259 Å². The molecule has 0 unspecified atom stereocenters. The monoisotopic (exact) mass is 611 g/mol. The number of rotatable bonds is 9. The van der Waals surface area contributed by atoms with Crippen LogP contribution in [0.2, 0.25) is 0 Å². The number of hydrogen-bond acceptors (Lipinski definition) is 6. The molecule has 1 aliphatic heterocycles. The van der Waals surface area contributed by atoms with E-state index in [2.05, 4.69) is 15.6 Å². The predicted molar refractivity (Wildman–Crippen MR) is 171 cm³/mol. The SMILES string of the molecule is COc1cc(F)c2[nH]c(C3CC3)c(/C=C3\Oc4ccc(NC(=O)Nc5ccc(C(=O)N(C)CCN(C)C)cc5)cc4C3=O)c2c1. The summed E-state index contributed by atoms with van der Waals surface area (Å²) in [7, 11) is 7.13. The second-order valence-corrected chi connectivity index (χ2v) is 11.6. The maximum absolute atomic E-state index is 14.8. The number of anilines is 2. The fourth-order valence-electron chi connectivity index (χ4n) is 5.30. The summed E-state index contributed by atoms with van der Waals surface area (Å²) in [5.41, 5.74) is 3.65. The van der Waals surface area contributed by atoms with Gasteiger partial charge < -0.3 is 34.9 Å². The smallest absolute Gasteiger partial charge is 0.323 e. The molecule has 1 saturated carbocycles. The van der Waals surface area contributed by atoms with Crippen LogP contribution in [0.4, 0.5) is 20.6 Å². The van der Waals surface area contributed by atoms with Crippen LogP contribution in [0.15, 0.2) is 60.4 Å². The average Bonchev–Trinajstić information content (AvgIpc) is 3.74. The minimum Gasteiger partial charge on any atom is -0.497 e. The molecule has 1 aliphatic carbocycles. The first-order valence-electron chi connectivity index (χ1n) is 14.7. The zero-order valence-electron chi connectivity index (χ0n) is 25.5. The zero-order valence-corrected chi connectivity index (χ0v) is 25.5. The molecule has 6 rings (SSSR count). The van der Waals surface area contributed by atoms with Gasteiger partial charge in [-0.25, -0.2) is 9.18 Å². The van der Waals surface area contributed by atoms with Gasteiger partial charge in [0, 0.05) is 59.8 Å². The van der Waals surface area contributed by atoms with Crippen molar-refractivity contribution in [3.63, 3.8) is 0 Å². The molecule has 2 heterocycles. The Kier molecular flexibility index (Phi) is 8.03. The van der Waals surface area contributed by atoms with Crippen molar-refractivity contribution in [3.05, 3.63) is 88.6 Å². The molecule has 11 heteroatoms. The Balaban J connectivity index is 1.15. The summed E-state index contributed by atoms with van der Waals surface area (Å²) in [6.07, 6.45) is 3.61. The molecule has 3 amide bonds. The van der Waals surface area contributed by atoms with Crippen molar-refractivity contribution >= 4 is 46.1 Å². The summed E-state index contributed by atoms with van der Waals surface area (Å²) in [5.74, 6) is 0.234. The van der Waals surface area contributed by atoms with Gasteiger partial charge in [0.1, 0.15) is 11.5 Å². The molecule has 2 aliphatic rings. The van der Waals surface area contributed by atoms with Crippen LogP contribution in [0.5, 0.6) is 11.5 Å². The summed E-state index contributed by atoms with van der Waals surface area (Å²) in [5, 5.41) is 6.10. The molecule has 45 heavy (non-hydrogen) atoms. The van der Waals surface area contributed by atoms with Crippen molar-refractivity contribution in [2.75, 3.05) is 52.0 Å². The number of H-pyrrole nitrogens is 1. The fraction of sp³-hybridized carbons (Fsp3) is 0.265. The number of likely N-dealkylation sites (N-methyl/N-ethyl adjacent to an activating group) is 2. The molecule has 3 N–H and O–H groups in total. The molecule has 0 spiro atoms. The standard InChI is InChI=1S/C34H34FN5O5/c1-39(2)13-14-40(3)33(42)20-7-9-21(10-8-20)36-34(43)37-22-11-12-28-26(15-22)32(41)29(45-28)18-25-24-16-23(44-4)17-27(35)31(24)38-30(25)19-5-6-19/h7-12,15-19,38H,5-6,13-14H2,1-4H3,(H2,36,37,43)/b29-18-. The van der Waals surface area contributed by atoms with Crippen LogP contribution in [0.1, 0.15) is 50.7 Å². The number of hydrogen-bond donors (Lipinski definition) is 3. The lowest BCUT2D eigenvalue weighted by Crippen LogP contribution is -2.33. The van der Waals surface area contributed by atoms with Crippen LogP contribution in [-0.2, 0) is 0 Å². The van der Waals surface area contributed by atoms with Crippen LogP contribution in [-0.4, -0.2) is 73.8 Å². The van der Waals surface area contributed by atoms with Crippen molar-refractivity contribution in [1.82, 2.24) is 14.8 Å². The fourth-order valence-corrected chi connectivity index (χ4v) is 5.30. The maximum atomic E-state index is 14.8. The third kappa shape index (κ3) is 6.25. The van der Waals surface area contributed by atoms with Gasteiger partial charge in [0.15, 0.2) is 11.6 Å². The molecule has 4 aromatic rings. The highest BCUT2D eigenvalue weighted by Crippen LogP contribution is 2.45. The number of methoxy groups -OCH3 is 1. The molecule has 1 aromatic heterocycles. The topological polar surface area (TPSA) is 116 Å². The number of ketones is 1. The third-order valence-electron chi connectivity index (χ3n) is 7.95. The number of carbonyl (C=O) groups excluding carboxylic acids is 3. The van der Waals surface area contributed by atoms with E-state index in [-0.39, 0.29) is 23.4 Å². The lowest BCUT2D eigenvalue weighted by atomic mass is 10.0. The van der Waals surface area contributed by atoms with Gasteiger partial charge in [-0.2, -0.15) is 0 Å². The number of fused-ring (bicyclic) bond motifs is 2. The molecule has 10 nitrogen and oxygen atoms in total. The highest BCUT2D eigenvalue weighted by atomic mass is 19.1. The van der Waals surface area contributed by atoms with E-state index in [1.54, 1.807) is 66.6 Å². The molecule has 1 fully saturated rings. The van der Waals surface area contributed by atoms with Gasteiger partial charge in [0.2, 0.25) is 5.78 Å². The van der Waals surface area contributed by atoms with Gasteiger partial charge in [-0.3, -0.25) is 9.59 Å². The van der Waals surface area contributed by atoms with Crippen LogP contribution in [0.25, 0.3) is 17.0 Å². The van der Waals surface area contributed by atoms with Crippen LogP contribution < -0.4 is 20.1 Å². The largest absolute Gasteiger partial charge is 0.497 e. The summed E-state index contributed by atoms with van der Waals surface area (Å²) < 4.78 is 26.0. The first kappa shape index (κ1) is 29.9. The molecular formula is C34H34FN5O5. The van der Waals surface area contributed by atoms with Crippen molar-refractivity contribution in [3.8, 4) is 11.5 Å². The second kappa shape index (κ2) is 12.1. The van der Waals surface area contributed by atoms with Crippen molar-refractivity contribution in [1.29, 1.82) is 0 Å². The van der Waals surface area contributed by atoms with Crippen molar-refractivity contribution in [2.24, 2.45) is 0 Å². The molecule has 232 valence electrons. The average molecular weight is 612 g/mol. The van der Waals surface area contributed by atoms with Gasteiger partial charge in [0.25, 0.3) is 5.91 Å². The number of nitrogens with one attached hydrogen (secondary N) is 3. The molecule has 3 aromatic carbocycles. The Bertz CT molecular complexity index is 1840. The summed E-state index contributed by atoms with van der Waals surface area (Å²) in [6.45, 7) is 1.35.